The zero-order chi connectivity index (χ0) is 21.9. The Kier molecular flexibility index (Phi) is 6.35. The number of para-hydroxylation sites is 1. The van der Waals surface area contributed by atoms with Crippen LogP contribution in [0, 0.1) is 17.2 Å². The Labute approximate surface area is 173 Å². The Bertz CT molecular complexity index is 958. The van der Waals surface area contributed by atoms with Gasteiger partial charge in [0.25, 0.3) is 0 Å². The van der Waals surface area contributed by atoms with Crippen molar-refractivity contribution in [2.45, 2.75) is 38.8 Å². The summed E-state index contributed by atoms with van der Waals surface area (Å²) in [5, 5.41) is 9.16. The molecule has 0 spiro atoms. The van der Waals surface area contributed by atoms with Gasteiger partial charge >= 0.3 is 12.1 Å². The number of carbonyl (C=O) groups excluding carboxylic acids is 1. The van der Waals surface area contributed by atoms with Crippen LogP contribution in [0.2, 0.25) is 0 Å². The van der Waals surface area contributed by atoms with Crippen LogP contribution in [0.25, 0.3) is 0 Å². The average Bonchev–Trinajstić information content (AvgIpc) is 2.77. The van der Waals surface area contributed by atoms with E-state index in [-0.39, 0.29) is 24.9 Å². The van der Waals surface area contributed by atoms with Gasteiger partial charge in [-0.05, 0) is 37.0 Å². The molecule has 1 unspecified atom stereocenters. The normalized spacial score (nSPS) is 18.1. The Morgan fingerprint density at radius 3 is 2.33 bits per heavy atom. The number of ether oxygens (including phenoxy) is 1. The van der Waals surface area contributed by atoms with E-state index in [9.17, 15) is 18.0 Å². The lowest BCUT2D eigenvalue weighted by Gasteiger charge is -2.39. The highest BCUT2D eigenvalue weighted by molar-refractivity contribution is 5.81. The molecule has 1 fully saturated rings. The van der Waals surface area contributed by atoms with E-state index in [1.165, 1.54) is 0 Å². The number of nitrogens with zero attached hydrogens (tertiary/aromatic N) is 2. The first-order valence-corrected chi connectivity index (χ1v) is 10.1. The summed E-state index contributed by atoms with van der Waals surface area (Å²) in [7, 11) is 0. The zero-order valence-electron chi connectivity index (χ0n) is 16.9. The number of amides is 1. The minimum atomic E-state index is -4.83. The van der Waals surface area contributed by atoms with E-state index in [4.69, 9.17) is 10.00 Å². The monoisotopic (exact) mass is 416 g/mol. The van der Waals surface area contributed by atoms with Crippen LogP contribution in [0.15, 0.2) is 42.5 Å². The summed E-state index contributed by atoms with van der Waals surface area (Å²) in [6.45, 7) is 4.16. The lowest BCUT2D eigenvalue weighted by molar-refractivity contribution is -0.186. The summed E-state index contributed by atoms with van der Waals surface area (Å²) < 4.78 is 44.1. The molecule has 2 aromatic carbocycles. The summed E-state index contributed by atoms with van der Waals surface area (Å²) in [5.74, 6) is -0.428. The quantitative estimate of drug-likeness (QED) is 0.606. The number of likely N-dealkylation sites (tertiary alicyclic amines) is 1. The fraction of sp³-hybridized carbons (Fsp3) is 0.391. The third kappa shape index (κ3) is 4.13. The Balaban J connectivity index is 0.00000124. The topological polar surface area (TPSA) is 53.3 Å². The van der Waals surface area contributed by atoms with Gasteiger partial charge in [0.15, 0.2) is 0 Å². The number of halogens is 3. The van der Waals surface area contributed by atoms with Gasteiger partial charge in [0.1, 0.15) is 11.5 Å². The number of rotatable bonds is 1. The summed E-state index contributed by atoms with van der Waals surface area (Å²) in [6.07, 6.45) is -3.89. The van der Waals surface area contributed by atoms with Crippen LogP contribution in [0.1, 0.15) is 49.3 Å². The van der Waals surface area contributed by atoms with Crippen LogP contribution in [-0.2, 0) is 4.79 Å². The second-order valence-electron chi connectivity index (χ2n) is 7.11. The fourth-order valence-corrected chi connectivity index (χ4v) is 4.19. The molecule has 1 amide bonds. The molecule has 0 saturated carbocycles. The molecule has 4 nitrogen and oxygen atoms in total. The zero-order valence-corrected chi connectivity index (χ0v) is 16.9. The lowest BCUT2D eigenvalue weighted by Crippen LogP contribution is -2.46. The first-order chi connectivity index (χ1) is 14.4. The molecule has 4 rings (SSSR count). The minimum Gasteiger partial charge on any atom is -0.457 e. The van der Waals surface area contributed by atoms with Gasteiger partial charge in [0.05, 0.1) is 11.6 Å². The third-order valence-electron chi connectivity index (χ3n) is 5.49. The molecule has 2 aliphatic heterocycles. The molecule has 1 atom stereocenters. The van der Waals surface area contributed by atoms with E-state index >= 15 is 0 Å². The van der Waals surface area contributed by atoms with Crippen molar-refractivity contribution in [2.24, 2.45) is 5.92 Å². The van der Waals surface area contributed by atoms with Crippen LogP contribution >= 0.6 is 0 Å². The van der Waals surface area contributed by atoms with Crippen molar-refractivity contribution in [1.29, 1.82) is 5.26 Å². The Hall–Kier alpha value is -3.01. The van der Waals surface area contributed by atoms with Crippen molar-refractivity contribution >= 4 is 5.91 Å². The van der Waals surface area contributed by atoms with Gasteiger partial charge in [0.2, 0.25) is 0 Å². The summed E-state index contributed by atoms with van der Waals surface area (Å²) in [5.41, 5.74) is 2.40. The first kappa shape index (κ1) is 21.7. The van der Waals surface area contributed by atoms with Gasteiger partial charge in [-0.2, -0.15) is 18.4 Å². The van der Waals surface area contributed by atoms with Crippen molar-refractivity contribution in [1.82, 2.24) is 4.90 Å². The molecular formula is C23H23F3N2O2. The second kappa shape index (κ2) is 8.78. The van der Waals surface area contributed by atoms with Crippen LogP contribution in [-0.4, -0.2) is 30.1 Å². The number of alkyl halides is 3. The minimum absolute atomic E-state index is 0.0455. The molecule has 0 radical (unpaired) electrons. The van der Waals surface area contributed by atoms with Gasteiger partial charge < -0.3 is 9.64 Å². The molecule has 0 N–H and O–H groups in total. The molecule has 2 heterocycles. The van der Waals surface area contributed by atoms with Crippen molar-refractivity contribution in [3.05, 3.63) is 59.2 Å². The number of hydrogen-bond acceptors (Lipinski definition) is 3. The van der Waals surface area contributed by atoms with Gasteiger partial charge in [-0.3, -0.25) is 4.79 Å². The number of fused-ring (bicyclic) bond motifs is 2. The van der Waals surface area contributed by atoms with Gasteiger partial charge in [-0.25, -0.2) is 0 Å². The fourth-order valence-electron chi connectivity index (χ4n) is 4.19. The van der Waals surface area contributed by atoms with Crippen LogP contribution in [0.3, 0.4) is 0 Å². The van der Waals surface area contributed by atoms with Gasteiger partial charge in [0, 0.05) is 30.1 Å². The highest BCUT2D eigenvalue weighted by Crippen LogP contribution is 2.49. The maximum atomic E-state index is 12.7. The third-order valence-corrected chi connectivity index (χ3v) is 5.49. The predicted molar refractivity (Wildman–Crippen MR) is 106 cm³/mol. The number of carbonyl (C=O) groups is 1. The molecular weight excluding hydrogens is 393 g/mol. The Morgan fingerprint density at radius 2 is 1.70 bits per heavy atom. The van der Waals surface area contributed by atoms with E-state index in [2.05, 4.69) is 6.07 Å². The van der Waals surface area contributed by atoms with Crippen LogP contribution < -0.4 is 4.74 Å². The van der Waals surface area contributed by atoms with Crippen molar-refractivity contribution in [2.75, 3.05) is 13.1 Å². The lowest BCUT2D eigenvalue weighted by atomic mass is 9.74. The van der Waals surface area contributed by atoms with E-state index in [0.29, 0.717) is 29.9 Å². The highest BCUT2D eigenvalue weighted by Gasteiger charge is 2.44. The molecule has 0 aromatic heterocycles. The maximum Gasteiger partial charge on any atom is 0.471 e. The molecule has 30 heavy (non-hydrogen) atoms. The Morgan fingerprint density at radius 1 is 1.07 bits per heavy atom. The molecule has 1 saturated heterocycles. The number of piperidine rings is 1. The van der Waals surface area contributed by atoms with Crippen molar-refractivity contribution < 1.29 is 22.7 Å². The smallest absolute Gasteiger partial charge is 0.457 e. The van der Waals surface area contributed by atoms with Crippen molar-refractivity contribution in [3.8, 4) is 17.6 Å². The van der Waals surface area contributed by atoms with Gasteiger partial charge in [-0.1, -0.05) is 38.1 Å². The predicted octanol–water partition coefficient (Wildman–Crippen LogP) is 5.62. The SMILES string of the molecule is CC.N#Cc1ccc2c(c1)Oc1ccccc1C2C1CCN(C(=O)C(F)(F)F)CC1. The van der Waals surface area contributed by atoms with Gasteiger partial charge in [-0.15, -0.1) is 0 Å². The first-order valence-electron chi connectivity index (χ1n) is 10.1. The molecule has 0 aliphatic carbocycles. The van der Waals surface area contributed by atoms with Crippen molar-refractivity contribution in [3.63, 3.8) is 0 Å². The summed E-state index contributed by atoms with van der Waals surface area (Å²) >= 11 is 0. The number of hydrogen-bond donors (Lipinski definition) is 0. The molecule has 158 valence electrons. The second-order valence-corrected chi connectivity index (χ2v) is 7.11. The number of nitriles is 1. The van der Waals surface area contributed by atoms with Crippen LogP contribution in [0.4, 0.5) is 13.2 Å². The van der Waals surface area contributed by atoms with E-state index in [1.54, 1.807) is 12.1 Å². The molecule has 0 bridgehead atoms. The number of benzene rings is 2. The summed E-state index contributed by atoms with van der Waals surface area (Å²) in [6, 6.07) is 15.0. The van der Waals surface area contributed by atoms with E-state index in [1.807, 2.05) is 44.2 Å². The maximum absolute atomic E-state index is 12.7. The van der Waals surface area contributed by atoms with Crippen LogP contribution in [0.5, 0.6) is 11.5 Å². The highest BCUT2D eigenvalue weighted by atomic mass is 19.4. The molecule has 7 heteroatoms. The summed E-state index contributed by atoms with van der Waals surface area (Å²) in [4.78, 5) is 12.4. The molecule has 2 aromatic rings. The average molecular weight is 416 g/mol. The van der Waals surface area contributed by atoms with E-state index < -0.39 is 12.1 Å². The largest absolute Gasteiger partial charge is 0.471 e. The van der Waals surface area contributed by atoms with E-state index in [0.717, 1.165) is 16.0 Å². The standard InChI is InChI=1S/C21H17F3N2O2.C2H6/c22-21(23,24)20(27)26-9-7-14(8-10-26)19-15-3-1-2-4-17(15)28-18-11-13(12-25)5-6-16(18)19;1-2/h1-6,11,14,19H,7-10H2;1-2H3. The molecule has 2 aliphatic rings.